The summed E-state index contributed by atoms with van der Waals surface area (Å²) in [7, 11) is 1.30. The van der Waals surface area contributed by atoms with Gasteiger partial charge in [-0.1, -0.05) is 23.4 Å². The Morgan fingerprint density at radius 3 is 2.77 bits per heavy atom. The summed E-state index contributed by atoms with van der Waals surface area (Å²) in [4.78, 5) is 21.2. The Morgan fingerprint density at radius 1 is 1.46 bits per heavy atom. The summed E-state index contributed by atoms with van der Waals surface area (Å²) in [6.07, 6.45) is 0. The van der Waals surface area contributed by atoms with Crippen LogP contribution in [0.15, 0.2) is 29.4 Å². The Bertz CT molecular complexity index is 322. The van der Waals surface area contributed by atoms with Crippen molar-refractivity contribution in [3.8, 4) is 0 Å². The van der Waals surface area contributed by atoms with Crippen molar-refractivity contribution in [3.05, 3.63) is 40.3 Å². The third kappa shape index (κ3) is 2.11. The molecule has 68 valence electrons. The molecule has 0 radical (unpaired) electrons. The van der Waals surface area contributed by atoms with Crippen LogP contribution < -0.4 is 0 Å². The number of carbonyl (C=O) groups excluding carboxylic acids is 1. The minimum absolute atomic E-state index is 0.00866. The second kappa shape index (κ2) is 4.35. The van der Waals surface area contributed by atoms with Gasteiger partial charge in [-0.25, -0.2) is 4.79 Å². The monoisotopic (exact) mass is 179 g/mol. The summed E-state index contributed by atoms with van der Waals surface area (Å²) < 4.78 is 4.54. The lowest BCUT2D eigenvalue weighted by Crippen LogP contribution is -2.04. The molecular formula is C9H9NO3. The number of carbonyl (C=O) groups is 1. The summed E-state index contributed by atoms with van der Waals surface area (Å²) in [5.74, 6) is -0.445. The van der Waals surface area contributed by atoms with E-state index in [0.717, 1.165) is 0 Å². The lowest BCUT2D eigenvalue weighted by atomic mass is 10.1. The van der Waals surface area contributed by atoms with Crippen LogP contribution in [0.1, 0.15) is 15.9 Å². The molecule has 0 amide bonds. The van der Waals surface area contributed by atoms with E-state index in [9.17, 15) is 9.70 Å². The molecule has 0 spiro atoms. The van der Waals surface area contributed by atoms with Crippen molar-refractivity contribution < 1.29 is 9.53 Å². The first-order valence-corrected chi connectivity index (χ1v) is 3.75. The fourth-order valence-electron chi connectivity index (χ4n) is 1.04. The van der Waals surface area contributed by atoms with Gasteiger partial charge in [-0.05, 0) is 11.6 Å². The molecule has 0 aromatic heterocycles. The third-order valence-electron chi connectivity index (χ3n) is 1.66. The molecule has 0 aliphatic carbocycles. The van der Waals surface area contributed by atoms with Gasteiger partial charge in [0.15, 0.2) is 0 Å². The number of rotatable bonds is 3. The molecule has 1 aromatic carbocycles. The Morgan fingerprint density at radius 2 is 2.15 bits per heavy atom. The van der Waals surface area contributed by atoms with Gasteiger partial charge in [-0.15, -0.1) is 0 Å². The van der Waals surface area contributed by atoms with E-state index >= 15 is 0 Å². The van der Waals surface area contributed by atoms with Gasteiger partial charge in [0, 0.05) is 0 Å². The van der Waals surface area contributed by atoms with Crippen molar-refractivity contribution in [2.75, 3.05) is 7.11 Å². The summed E-state index contributed by atoms with van der Waals surface area (Å²) in [5, 5.41) is 2.73. The van der Waals surface area contributed by atoms with Crippen molar-refractivity contribution in [1.29, 1.82) is 0 Å². The molecule has 0 heterocycles. The molecule has 0 saturated heterocycles. The first kappa shape index (κ1) is 9.38. The maximum Gasteiger partial charge on any atom is 0.338 e. The van der Waals surface area contributed by atoms with Gasteiger partial charge in [0.2, 0.25) is 0 Å². The highest BCUT2D eigenvalue weighted by atomic mass is 16.5. The van der Waals surface area contributed by atoms with Crippen LogP contribution >= 0.6 is 0 Å². The van der Waals surface area contributed by atoms with E-state index in [-0.39, 0.29) is 6.54 Å². The van der Waals surface area contributed by atoms with Crippen molar-refractivity contribution >= 4 is 5.97 Å². The molecule has 0 unspecified atom stereocenters. The minimum atomic E-state index is -0.445. The van der Waals surface area contributed by atoms with Crippen molar-refractivity contribution in [3.63, 3.8) is 0 Å². The van der Waals surface area contributed by atoms with Crippen molar-refractivity contribution in [2.24, 2.45) is 5.18 Å². The second-order valence-corrected chi connectivity index (χ2v) is 2.44. The molecule has 1 aromatic rings. The quantitative estimate of drug-likeness (QED) is 0.524. The van der Waals surface area contributed by atoms with Crippen LogP contribution in [0.25, 0.3) is 0 Å². The highest BCUT2D eigenvalue weighted by molar-refractivity contribution is 5.90. The smallest absolute Gasteiger partial charge is 0.338 e. The van der Waals surface area contributed by atoms with Gasteiger partial charge in [-0.3, -0.25) is 0 Å². The predicted octanol–water partition coefficient (Wildman–Crippen LogP) is 1.74. The first-order chi connectivity index (χ1) is 6.29. The van der Waals surface area contributed by atoms with Crippen LogP contribution in [0.3, 0.4) is 0 Å². The normalized spacial score (nSPS) is 9.31. The maximum atomic E-state index is 11.1. The molecule has 13 heavy (non-hydrogen) atoms. The van der Waals surface area contributed by atoms with Crippen LogP contribution in [0.4, 0.5) is 0 Å². The lowest BCUT2D eigenvalue weighted by Gasteiger charge is -2.02. The van der Waals surface area contributed by atoms with E-state index in [1.165, 1.54) is 7.11 Å². The number of ether oxygens (including phenoxy) is 1. The van der Waals surface area contributed by atoms with Crippen LogP contribution in [-0.4, -0.2) is 13.1 Å². The van der Waals surface area contributed by atoms with Crippen molar-refractivity contribution in [2.45, 2.75) is 6.54 Å². The molecule has 0 atom stereocenters. The third-order valence-corrected chi connectivity index (χ3v) is 1.66. The molecule has 4 nitrogen and oxygen atoms in total. The van der Waals surface area contributed by atoms with Gasteiger partial charge >= 0.3 is 5.97 Å². The number of hydrogen-bond acceptors (Lipinski definition) is 4. The highest BCUT2D eigenvalue weighted by Crippen LogP contribution is 2.10. The Hall–Kier alpha value is -1.71. The number of nitroso groups, excluding NO2 is 1. The van der Waals surface area contributed by atoms with Gasteiger partial charge in [0.1, 0.15) is 6.54 Å². The average Bonchev–Trinajstić information content (AvgIpc) is 2.18. The number of esters is 1. The molecule has 1 rings (SSSR count). The molecule has 0 saturated carbocycles. The van der Waals surface area contributed by atoms with Crippen LogP contribution in [-0.2, 0) is 11.3 Å². The fourth-order valence-corrected chi connectivity index (χ4v) is 1.04. The molecule has 0 fully saturated rings. The summed E-state index contributed by atoms with van der Waals surface area (Å²) >= 11 is 0. The molecule has 0 bridgehead atoms. The topological polar surface area (TPSA) is 55.7 Å². The second-order valence-electron chi connectivity index (χ2n) is 2.44. The van der Waals surface area contributed by atoms with E-state index in [2.05, 4.69) is 9.91 Å². The largest absolute Gasteiger partial charge is 0.465 e. The average molecular weight is 179 g/mol. The molecule has 0 aliphatic heterocycles. The SMILES string of the molecule is COC(=O)c1ccccc1CN=O. The zero-order valence-corrected chi connectivity index (χ0v) is 7.19. The zero-order chi connectivity index (χ0) is 9.68. The van der Waals surface area contributed by atoms with Gasteiger partial charge in [0.05, 0.1) is 12.7 Å². The molecular weight excluding hydrogens is 170 g/mol. The van der Waals surface area contributed by atoms with E-state index in [1.54, 1.807) is 24.3 Å². The number of benzene rings is 1. The fraction of sp³-hybridized carbons (Fsp3) is 0.222. The number of nitrogens with zero attached hydrogens (tertiary/aromatic N) is 1. The minimum Gasteiger partial charge on any atom is -0.465 e. The predicted molar refractivity (Wildman–Crippen MR) is 47.3 cm³/mol. The van der Waals surface area contributed by atoms with Crippen LogP contribution in [0, 0.1) is 4.91 Å². The number of hydrogen-bond donors (Lipinski definition) is 0. The molecule has 0 N–H and O–H groups in total. The Balaban J connectivity index is 3.03. The van der Waals surface area contributed by atoms with Gasteiger partial charge in [-0.2, -0.15) is 4.91 Å². The van der Waals surface area contributed by atoms with E-state index < -0.39 is 5.97 Å². The van der Waals surface area contributed by atoms with Crippen LogP contribution in [0.2, 0.25) is 0 Å². The van der Waals surface area contributed by atoms with E-state index in [4.69, 9.17) is 0 Å². The zero-order valence-electron chi connectivity index (χ0n) is 7.19. The van der Waals surface area contributed by atoms with E-state index in [0.29, 0.717) is 11.1 Å². The van der Waals surface area contributed by atoms with Gasteiger partial charge in [0.25, 0.3) is 0 Å². The summed E-state index contributed by atoms with van der Waals surface area (Å²) in [5.41, 5.74) is 0.981. The molecule has 4 heteroatoms. The molecule has 0 aliphatic rings. The van der Waals surface area contributed by atoms with Crippen LogP contribution in [0.5, 0.6) is 0 Å². The standard InChI is InChI=1S/C9H9NO3/c1-13-9(11)8-5-3-2-4-7(8)6-10-12/h2-5H,6H2,1H3. The Kier molecular flexibility index (Phi) is 3.14. The summed E-state index contributed by atoms with van der Waals surface area (Å²) in [6.45, 7) is -0.00866. The first-order valence-electron chi connectivity index (χ1n) is 3.75. The summed E-state index contributed by atoms with van der Waals surface area (Å²) in [6, 6.07) is 6.73. The van der Waals surface area contributed by atoms with Crippen molar-refractivity contribution in [1.82, 2.24) is 0 Å². The highest BCUT2D eigenvalue weighted by Gasteiger charge is 2.09. The van der Waals surface area contributed by atoms with Gasteiger partial charge < -0.3 is 4.74 Å². The number of methoxy groups -OCH3 is 1. The Labute approximate surface area is 75.5 Å². The lowest BCUT2D eigenvalue weighted by molar-refractivity contribution is 0.0599. The maximum absolute atomic E-state index is 11.1. The van der Waals surface area contributed by atoms with E-state index in [1.807, 2.05) is 0 Å².